The minimum Gasteiger partial charge on any atom is -0.289 e. The molecule has 0 saturated carbocycles. The van der Waals surface area contributed by atoms with Crippen molar-refractivity contribution in [2.24, 2.45) is 0 Å². The number of nitrogens with one attached hydrogen (secondary N) is 2. The van der Waals surface area contributed by atoms with Crippen LogP contribution in [0.1, 0.15) is 51.0 Å². The first-order chi connectivity index (χ1) is 12.4. The Labute approximate surface area is 153 Å². The van der Waals surface area contributed by atoms with Crippen LogP contribution in [0.3, 0.4) is 0 Å². The van der Waals surface area contributed by atoms with Crippen molar-refractivity contribution in [1.82, 2.24) is 11.0 Å². The number of amides is 2. The van der Waals surface area contributed by atoms with Crippen LogP contribution in [-0.2, 0) is 25.8 Å². The Morgan fingerprint density at radius 1 is 1.04 bits per heavy atom. The number of sulfone groups is 1. The van der Waals surface area contributed by atoms with Crippen molar-refractivity contribution in [2.75, 3.05) is 0 Å². The zero-order chi connectivity index (χ0) is 19.6. The lowest BCUT2D eigenvalue weighted by atomic mass is 10.1. The lowest BCUT2D eigenvalue weighted by Gasteiger charge is -2.16. The van der Waals surface area contributed by atoms with E-state index in [0.717, 1.165) is 24.8 Å². The molecule has 0 radical (unpaired) electrons. The average molecular weight is 386 g/mol. The van der Waals surface area contributed by atoms with E-state index in [1.165, 1.54) is 23.1 Å². The molecule has 0 spiro atoms. The third-order valence-corrected chi connectivity index (χ3v) is 6.24. The van der Waals surface area contributed by atoms with Gasteiger partial charge in [0.1, 0.15) is 5.25 Å². The van der Waals surface area contributed by atoms with E-state index in [1.807, 2.05) is 6.92 Å². The summed E-state index contributed by atoms with van der Waals surface area (Å²) in [6.45, 7) is 2.03. The highest BCUT2D eigenvalue weighted by Crippen LogP contribution is 2.22. The number of hydrogen-bond donors (Lipinski definition) is 4. The molecular weight excluding hydrogens is 360 g/mol. The molecular formula is C17H26N2O6S. The van der Waals surface area contributed by atoms with Crippen molar-refractivity contribution in [2.45, 2.75) is 62.0 Å². The average Bonchev–Trinajstić information content (AvgIpc) is 2.65. The summed E-state index contributed by atoms with van der Waals surface area (Å²) in [6.07, 6.45) is 3.85. The fraction of sp³-hybridized carbons (Fsp3) is 0.529. The van der Waals surface area contributed by atoms with Crippen molar-refractivity contribution >= 4 is 21.7 Å². The van der Waals surface area contributed by atoms with E-state index in [0.29, 0.717) is 12.8 Å². The van der Waals surface area contributed by atoms with Gasteiger partial charge in [-0.15, -0.1) is 0 Å². The molecule has 0 aliphatic rings. The molecule has 1 rings (SSSR count). The molecule has 1 aromatic rings. The molecule has 26 heavy (non-hydrogen) atoms. The molecule has 1 aromatic carbocycles. The van der Waals surface area contributed by atoms with Gasteiger partial charge in [-0.2, -0.15) is 0 Å². The summed E-state index contributed by atoms with van der Waals surface area (Å²) in [5, 5.41) is 16.0. The van der Waals surface area contributed by atoms with Gasteiger partial charge in [0.15, 0.2) is 9.84 Å². The predicted molar refractivity (Wildman–Crippen MR) is 94.4 cm³/mol. The number of unbranched alkanes of at least 4 members (excludes halogenated alkanes) is 3. The molecule has 2 amide bonds. The molecule has 0 aromatic heterocycles. The van der Waals surface area contributed by atoms with Crippen molar-refractivity contribution < 1.29 is 28.4 Å². The van der Waals surface area contributed by atoms with Crippen LogP contribution in [0.4, 0.5) is 0 Å². The maximum Gasteiger partial charge on any atom is 0.262 e. The second kappa shape index (κ2) is 10.9. The van der Waals surface area contributed by atoms with Gasteiger partial charge in [-0.1, -0.05) is 44.7 Å². The van der Waals surface area contributed by atoms with E-state index in [1.54, 1.807) is 12.1 Å². The van der Waals surface area contributed by atoms with Gasteiger partial charge in [-0.05, 0) is 30.5 Å². The van der Waals surface area contributed by atoms with Gasteiger partial charge in [0.2, 0.25) is 5.91 Å². The van der Waals surface area contributed by atoms with Crippen molar-refractivity contribution in [3.8, 4) is 0 Å². The maximum atomic E-state index is 12.8. The van der Waals surface area contributed by atoms with Crippen LogP contribution >= 0.6 is 0 Å². The largest absolute Gasteiger partial charge is 0.289 e. The van der Waals surface area contributed by atoms with Crippen LogP contribution in [0.15, 0.2) is 29.2 Å². The number of aryl methyl sites for hydroxylation is 1. The third kappa shape index (κ3) is 6.40. The second-order valence-corrected chi connectivity index (χ2v) is 8.17. The van der Waals surface area contributed by atoms with Crippen LogP contribution in [-0.4, -0.2) is 35.9 Å². The molecule has 4 N–H and O–H groups in total. The van der Waals surface area contributed by atoms with Gasteiger partial charge in [-0.25, -0.2) is 19.4 Å². The monoisotopic (exact) mass is 386 g/mol. The van der Waals surface area contributed by atoms with Crippen LogP contribution in [0, 0.1) is 0 Å². The predicted octanol–water partition coefficient (Wildman–Crippen LogP) is 1.74. The molecule has 0 aliphatic carbocycles. The molecule has 1 atom stereocenters. The summed E-state index contributed by atoms with van der Waals surface area (Å²) >= 11 is 0. The van der Waals surface area contributed by atoms with Crippen molar-refractivity contribution in [3.05, 3.63) is 29.8 Å². The Morgan fingerprint density at radius 2 is 1.69 bits per heavy atom. The van der Waals surface area contributed by atoms with Gasteiger partial charge in [-0.3, -0.25) is 20.0 Å². The summed E-state index contributed by atoms with van der Waals surface area (Å²) in [5.41, 5.74) is 3.70. The van der Waals surface area contributed by atoms with E-state index in [2.05, 4.69) is 0 Å². The summed E-state index contributed by atoms with van der Waals surface area (Å²) in [6, 6.07) is 5.88. The number of carbonyl (C=O) groups is 2. The Bertz CT molecular complexity index is 688. The van der Waals surface area contributed by atoms with Crippen LogP contribution in [0.5, 0.6) is 0 Å². The molecule has 146 valence electrons. The first kappa shape index (κ1) is 22.1. The molecule has 0 saturated heterocycles. The molecule has 8 nitrogen and oxygen atoms in total. The van der Waals surface area contributed by atoms with Crippen molar-refractivity contribution in [1.29, 1.82) is 0 Å². The van der Waals surface area contributed by atoms with Gasteiger partial charge in [0.25, 0.3) is 5.91 Å². The third-order valence-electron chi connectivity index (χ3n) is 4.11. The van der Waals surface area contributed by atoms with Crippen molar-refractivity contribution in [3.63, 3.8) is 0 Å². The second-order valence-electron chi connectivity index (χ2n) is 6.04. The normalized spacial score (nSPS) is 12.4. The highest BCUT2D eigenvalue weighted by molar-refractivity contribution is 7.92. The number of carbonyl (C=O) groups excluding carboxylic acids is 2. The molecule has 1 unspecified atom stereocenters. The topological polar surface area (TPSA) is 133 Å². The fourth-order valence-corrected chi connectivity index (χ4v) is 4.23. The Hall–Kier alpha value is -1.97. The smallest absolute Gasteiger partial charge is 0.262 e. The van der Waals surface area contributed by atoms with Crippen LogP contribution < -0.4 is 11.0 Å². The van der Waals surface area contributed by atoms with Gasteiger partial charge < -0.3 is 0 Å². The van der Waals surface area contributed by atoms with Gasteiger partial charge in [0.05, 0.1) is 4.90 Å². The Morgan fingerprint density at radius 3 is 2.23 bits per heavy atom. The van der Waals surface area contributed by atoms with Gasteiger partial charge >= 0.3 is 0 Å². The molecule has 9 heteroatoms. The standard InChI is InChI=1S/C17H26N2O6S/c1-2-3-4-5-6-15(17(21)19-23)26(24,25)14-10-7-13(8-11-14)9-12-16(20)18-22/h7-8,10-11,15,22-23H,2-6,9,12H2,1H3,(H,18,20)(H,19,21). The fourth-order valence-electron chi connectivity index (χ4n) is 2.58. The number of hydrogen-bond acceptors (Lipinski definition) is 6. The van der Waals surface area contributed by atoms with E-state index < -0.39 is 26.9 Å². The van der Waals surface area contributed by atoms with E-state index in [4.69, 9.17) is 10.4 Å². The van der Waals surface area contributed by atoms with E-state index in [9.17, 15) is 18.0 Å². The molecule has 0 heterocycles. The van der Waals surface area contributed by atoms with E-state index in [-0.39, 0.29) is 17.7 Å². The molecule has 0 bridgehead atoms. The highest BCUT2D eigenvalue weighted by atomic mass is 32.2. The lowest BCUT2D eigenvalue weighted by molar-refractivity contribution is -0.129. The first-order valence-electron chi connectivity index (χ1n) is 8.56. The lowest BCUT2D eigenvalue weighted by Crippen LogP contribution is -2.38. The zero-order valence-electron chi connectivity index (χ0n) is 14.8. The summed E-state index contributed by atoms with van der Waals surface area (Å²) in [7, 11) is -3.94. The minimum atomic E-state index is -3.94. The van der Waals surface area contributed by atoms with Gasteiger partial charge in [0, 0.05) is 6.42 Å². The van der Waals surface area contributed by atoms with Crippen LogP contribution in [0.2, 0.25) is 0 Å². The number of benzene rings is 1. The number of rotatable bonds is 11. The quantitative estimate of drug-likeness (QED) is 0.260. The minimum absolute atomic E-state index is 0.0167. The SMILES string of the molecule is CCCCCCC(C(=O)NO)S(=O)(=O)c1ccc(CCC(=O)NO)cc1. The van der Waals surface area contributed by atoms with E-state index >= 15 is 0 Å². The first-order valence-corrected chi connectivity index (χ1v) is 10.1. The summed E-state index contributed by atoms with van der Waals surface area (Å²) in [4.78, 5) is 22.9. The summed E-state index contributed by atoms with van der Waals surface area (Å²) in [5.74, 6) is -1.47. The number of hydroxylamine groups is 2. The maximum absolute atomic E-state index is 12.8. The molecule has 0 fully saturated rings. The summed E-state index contributed by atoms with van der Waals surface area (Å²) < 4.78 is 25.5. The molecule has 0 aliphatic heterocycles. The highest BCUT2D eigenvalue weighted by Gasteiger charge is 2.33. The van der Waals surface area contributed by atoms with Crippen LogP contribution in [0.25, 0.3) is 0 Å². The Balaban J connectivity index is 2.89. The zero-order valence-corrected chi connectivity index (χ0v) is 15.6. The Kier molecular flexibility index (Phi) is 9.25.